The highest BCUT2D eigenvalue weighted by atomic mass is 14.7. The van der Waals surface area contributed by atoms with Crippen LogP contribution in [0.3, 0.4) is 0 Å². The Bertz CT molecular complexity index is 280. The van der Waals surface area contributed by atoms with Crippen molar-refractivity contribution in [1.82, 2.24) is 4.98 Å². The normalized spacial score (nSPS) is 11.5. The summed E-state index contributed by atoms with van der Waals surface area (Å²) >= 11 is 0. The summed E-state index contributed by atoms with van der Waals surface area (Å²) in [7, 11) is 2.08. The molecule has 0 bridgehead atoms. The van der Waals surface area contributed by atoms with Crippen molar-refractivity contribution >= 4 is 20.0 Å². The Hall–Kier alpha value is -1.18. The third-order valence-electron chi connectivity index (χ3n) is 1.46. The van der Waals surface area contributed by atoms with Gasteiger partial charge in [0.1, 0.15) is 7.85 Å². The van der Waals surface area contributed by atoms with Crippen LogP contribution in [0.1, 0.15) is 18.2 Å². The fourth-order valence-corrected chi connectivity index (χ4v) is 1.01. The van der Waals surface area contributed by atoms with E-state index in [1.807, 2.05) is 18.3 Å². The maximum Gasteiger partial charge on any atom is 0.133 e. The quantitative estimate of drug-likeness (QED) is 0.609. The van der Waals surface area contributed by atoms with Gasteiger partial charge in [0, 0.05) is 11.9 Å². The molecule has 1 rings (SSSR count). The van der Waals surface area contributed by atoms with Gasteiger partial charge in [-0.15, -0.1) is 5.47 Å². The lowest BCUT2D eigenvalue weighted by atomic mass is 9.95. The first-order valence-electron chi connectivity index (χ1n) is 3.68. The second-order valence-corrected chi connectivity index (χ2v) is 2.77. The molecular formula is C9H12BN. The first-order valence-corrected chi connectivity index (χ1v) is 3.68. The van der Waals surface area contributed by atoms with Gasteiger partial charge in [-0.1, -0.05) is 19.6 Å². The first kappa shape index (κ1) is 7.93. The third kappa shape index (κ3) is 1.87. The number of H-pyrrole nitrogens is 1. The van der Waals surface area contributed by atoms with Crippen LogP contribution in [0.25, 0.3) is 12.2 Å². The zero-order chi connectivity index (χ0) is 8.27. The zero-order valence-corrected chi connectivity index (χ0v) is 7.02. The maximum atomic E-state index is 3.71. The van der Waals surface area contributed by atoms with Gasteiger partial charge in [-0.2, -0.15) is 0 Å². The van der Waals surface area contributed by atoms with E-state index in [2.05, 4.69) is 32.4 Å². The molecule has 11 heavy (non-hydrogen) atoms. The van der Waals surface area contributed by atoms with E-state index in [0.717, 1.165) is 5.69 Å². The minimum absolute atomic E-state index is 1.09. The number of aromatic amines is 1. The maximum absolute atomic E-state index is 3.71. The molecule has 0 atom stereocenters. The van der Waals surface area contributed by atoms with E-state index >= 15 is 0 Å². The largest absolute Gasteiger partial charge is 0.361 e. The highest BCUT2D eigenvalue weighted by molar-refractivity contribution is 6.23. The van der Waals surface area contributed by atoms with Crippen LogP contribution in [-0.4, -0.2) is 12.8 Å². The summed E-state index contributed by atoms with van der Waals surface area (Å²) in [5.41, 5.74) is 3.60. The number of allylic oxidation sites excluding steroid dienone is 1. The molecule has 1 aromatic rings. The Kier molecular flexibility index (Phi) is 2.37. The summed E-state index contributed by atoms with van der Waals surface area (Å²) in [6.07, 6.45) is 5.88. The van der Waals surface area contributed by atoms with Gasteiger partial charge in [-0.3, -0.25) is 0 Å². The molecule has 0 aliphatic rings. The lowest BCUT2D eigenvalue weighted by Crippen LogP contribution is -1.76. The van der Waals surface area contributed by atoms with Gasteiger partial charge in [0.25, 0.3) is 0 Å². The minimum atomic E-state index is 1.09. The summed E-state index contributed by atoms with van der Waals surface area (Å²) in [6.45, 7) is 5.79. The van der Waals surface area contributed by atoms with Gasteiger partial charge in [-0.25, -0.2) is 0 Å². The Balaban J connectivity index is 3.03. The first-order chi connectivity index (χ1) is 5.24. The molecule has 0 saturated heterocycles. The Morgan fingerprint density at radius 3 is 3.00 bits per heavy atom. The van der Waals surface area contributed by atoms with Gasteiger partial charge >= 0.3 is 0 Å². The molecule has 0 fully saturated rings. The molecule has 0 aliphatic heterocycles. The molecule has 1 aromatic heterocycles. The van der Waals surface area contributed by atoms with Gasteiger partial charge in [-0.05, 0) is 17.7 Å². The fourth-order valence-electron chi connectivity index (χ4n) is 1.01. The summed E-state index contributed by atoms with van der Waals surface area (Å²) in [5.74, 6) is 0. The molecule has 0 saturated carbocycles. The third-order valence-corrected chi connectivity index (χ3v) is 1.46. The van der Waals surface area contributed by atoms with Gasteiger partial charge in [0.2, 0.25) is 0 Å². The van der Waals surface area contributed by atoms with Crippen LogP contribution in [0.2, 0.25) is 0 Å². The molecule has 0 unspecified atom stereocenters. The van der Waals surface area contributed by atoms with Gasteiger partial charge < -0.3 is 4.98 Å². The van der Waals surface area contributed by atoms with E-state index in [9.17, 15) is 0 Å². The molecular weight excluding hydrogens is 133 g/mol. The summed E-state index contributed by atoms with van der Waals surface area (Å²) < 4.78 is 0. The van der Waals surface area contributed by atoms with E-state index in [-0.39, 0.29) is 0 Å². The van der Waals surface area contributed by atoms with Crippen LogP contribution in [-0.2, 0) is 0 Å². The van der Waals surface area contributed by atoms with Crippen molar-refractivity contribution in [2.24, 2.45) is 0 Å². The van der Waals surface area contributed by atoms with Gasteiger partial charge in [0.15, 0.2) is 0 Å². The van der Waals surface area contributed by atoms with Crippen LogP contribution in [0.4, 0.5) is 0 Å². The second-order valence-electron chi connectivity index (χ2n) is 2.77. The van der Waals surface area contributed by atoms with Crippen LogP contribution >= 0.6 is 0 Å². The van der Waals surface area contributed by atoms with Crippen molar-refractivity contribution < 1.29 is 0 Å². The molecule has 2 heteroatoms. The fraction of sp³-hybridized carbons (Fsp3) is 0.111. The van der Waals surface area contributed by atoms with E-state index in [0.29, 0.717) is 0 Å². The average Bonchev–Trinajstić information content (AvgIpc) is 2.34. The van der Waals surface area contributed by atoms with E-state index in [4.69, 9.17) is 0 Å². The van der Waals surface area contributed by atoms with Crippen molar-refractivity contribution in [2.75, 3.05) is 0 Å². The smallest absolute Gasteiger partial charge is 0.133 e. The van der Waals surface area contributed by atoms with Crippen molar-refractivity contribution in [1.29, 1.82) is 0 Å². The molecule has 0 spiro atoms. The molecule has 0 radical (unpaired) electrons. The Morgan fingerprint density at radius 1 is 1.73 bits per heavy atom. The van der Waals surface area contributed by atoms with Crippen LogP contribution < -0.4 is 0 Å². The Morgan fingerprint density at radius 2 is 2.45 bits per heavy atom. The summed E-state index contributed by atoms with van der Waals surface area (Å²) in [6, 6.07) is 2.05. The number of rotatable bonds is 2. The van der Waals surface area contributed by atoms with Crippen molar-refractivity contribution in [3.8, 4) is 0 Å². The SMILES string of the molecule is B/C(C)=C/c1cc[nH]c1C=C. The Labute approximate surface area is 68.2 Å². The van der Waals surface area contributed by atoms with Crippen molar-refractivity contribution in [3.05, 3.63) is 35.6 Å². The second kappa shape index (κ2) is 3.29. The molecule has 1 N–H and O–H groups in total. The zero-order valence-electron chi connectivity index (χ0n) is 7.02. The standard InChI is InChI=1S/C9H12BN/c1-3-9-8(4-5-11-9)6-7(2)10/h3-6,11H,1,10H2,2H3/b7-6+. The van der Waals surface area contributed by atoms with Crippen LogP contribution in [0.15, 0.2) is 24.3 Å². The molecule has 0 amide bonds. The van der Waals surface area contributed by atoms with Crippen LogP contribution in [0.5, 0.6) is 0 Å². The molecule has 0 aromatic carbocycles. The lowest BCUT2D eigenvalue weighted by molar-refractivity contribution is 1.37. The summed E-state index contributed by atoms with van der Waals surface area (Å²) in [4.78, 5) is 3.10. The predicted molar refractivity (Wildman–Crippen MR) is 53.1 cm³/mol. The van der Waals surface area contributed by atoms with E-state index in [1.165, 1.54) is 11.0 Å². The average molecular weight is 145 g/mol. The number of hydrogen-bond donors (Lipinski definition) is 1. The molecule has 56 valence electrons. The number of aromatic nitrogens is 1. The topological polar surface area (TPSA) is 15.8 Å². The molecule has 1 nitrogen and oxygen atoms in total. The van der Waals surface area contributed by atoms with E-state index < -0.39 is 0 Å². The molecule has 1 heterocycles. The number of nitrogens with one attached hydrogen (secondary N) is 1. The lowest BCUT2D eigenvalue weighted by Gasteiger charge is -1.92. The summed E-state index contributed by atoms with van der Waals surface area (Å²) in [5, 5.41) is 0. The van der Waals surface area contributed by atoms with E-state index in [1.54, 1.807) is 0 Å². The van der Waals surface area contributed by atoms with Crippen molar-refractivity contribution in [3.63, 3.8) is 0 Å². The highest BCUT2D eigenvalue weighted by Crippen LogP contribution is 2.11. The highest BCUT2D eigenvalue weighted by Gasteiger charge is 1.94. The minimum Gasteiger partial charge on any atom is -0.361 e. The van der Waals surface area contributed by atoms with Crippen molar-refractivity contribution in [2.45, 2.75) is 6.92 Å². The predicted octanol–water partition coefficient (Wildman–Crippen LogP) is 1.65. The van der Waals surface area contributed by atoms with Crippen LogP contribution in [0, 0.1) is 0 Å². The molecule has 0 aliphatic carbocycles. The number of hydrogen-bond acceptors (Lipinski definition) is 0. The van der Waals surface area contributed by atoms with Gasteiger partial charge in [0.05, 0.1) is 0 Å². The monoisotopic (exact) mass is 145 g/mol.